The van der Waals surface area contributed by atoms with Gasteiger partial charge in [-0.15, -0.1) is 0 Å². The van der Waals surface area contributed by atoms with Crippen molar-refractivity contribution < 1.29 is 5.11 Å². The maximum Gasteiger partial charge on any atom is 0.0431 e. The average molecular weight is 174 g/mol. The third-order valence-electron chi connectivity index (χ3n) is 1.84. The molecule has 3 nitrogen and oxygen atoms in total. The first kappa shape index (κ1) is 11.9. The Bertz CT molecular complexity index is 88.6. The summed E-state index contributed by atoms with van der Waals surface area (Å²) in [6, 6.07) is 0.545. The second-order valence-electron chi connectivity index (χ2n) is 3.20. The fraction of sp³-hybridized carbons (Fsp3) is 1.00. The summed E-state index contributed by atoms with van der Waals surface area (Å²) in [4.78, 5) is 0. The highest BCUT2D eigenvalue weighted by Crippen LogP contribution is 1.92. The Hall–Kier alpha value is -0.120. The molecule has 0 saturated heterocycles. The van der Waals surface area contributed by atoms with Crippen LogP contribution < -0.4 is 10.6 Å². The van der Waals surface area contributed by atoms with Crippen molar-refractivity contribution in [2.24, 2.45) is 0 Å². The summed E-state index contributed by atoms with van der Waals surface area (Å²) in [6.45, 7) is 4.57. The molecule has 0 spiro atoms. The lowest BCUT2D eigenvalue weighted by Gasteiger charge is -2.12. The van der Waals surface area contributed by atoms with Crippen molar-refractivity contribution in [2.45, 2.75) is 32.2 Å². The quantitative estimate of drug-likeness (QED) is 0.465. The molecule has 74 valence electrons. The van der Waals surface area contributed by atoms with Gasteiger partial charge < -0.3 is 15.7 Å². The van der Waals surface area contributed by atoms with Crippen LogP contribution in [-0.4, -0.2) is 37.9 Å². The summed E-state index contributed by atoms with van der Waals surface area (Å²) in [5, 5.41) is 15.0. The van der Waals surface area contributed by atoms with Gasteiger partial charge >= 0.3 is 0 Å². The van der Waals surface area contributed by atoms with Gasteiger partial charge in [-0.25, -0.2) is 0 Å². The fourth-order valence-electron chi connectivity index (χ4n) is 1.14. The van der Waals surface area contributed by atoms with Gasteiger partial charge in [0.05, 0.1) is 0 Å². The number of hydrogen-bond donors (Lipinski definition) is 3. The fourth-order valence-corrected chi connectivity index (χ4v) is 1.14. The van der Waals surface area contributed by atoms with E-state index in [-0.39, 0.29) is 0 Å². The summed E-state index contributed by atoms with van der Waals surface area (Å²) >= 11 is 0. The van der Waals surface area contributed by atoms with Crippen LogP contribution in [0.25, 0.3) is 0 Å². The summed E-state index contributed by atoms with van der Waals surface area (Å²) in [5.74, 6) is 0. The molecule has 0 bridgehead atoms. The molecule has 0 saturated carbocycles. The van der Waals surface area contributed by atoms with E-state index in [2.05, 4.69) is 17.6 Å². The minimum Gasteiger partial charge on any atom is -0.396 e. The van der Waals surface area contributed by atoms with Crippen molar-refractivity contribution in [2.75, 3.05) is 26.7 Å². The summed E-state index contributed by atoms with van der Waals surface area (Å²) in [5.41, 5.74) is 0. The zero-order chi connectivity index (χ0) is 9.23. The van der Waals surface area contributed by atoms with E-state index in [9.17, 15) is 0 Å². The van der Waals surface area contributed by atoms with Crippen LogP contribution in [0.5, 0.6) is 0 Å². The van der Waals surface area contributed by atoms with Crippen molar-refractivity contribution >= 4 is 0 Å². The molecule has 3 heteroatoms. The third kappa shape index (κ3) is 7.98. The second kappa shape index (κ2) is 8.97. The lowest BCUT2D eigenvalue weighted by molar-refractivity contribution is 0.282. The molecule has 0 rings (SSSR count). The molecule has 0 fully saturated rings. The maximum atomic E-state index is 8.53. The van der Waals surface area contributed by atoms with E-state index < -0.39 is 0 Å². The van der Waals surface area contributed by atoms with Crippen molar-refractivity contribution in [1.82, 2.24) is 10.6 Å². The molecule has 12 heavy (non-hydrogen) atoms. The molecule has 0 radical (unpaired) electrons. The molecule has 0 aliphatic rings. The van der Waals surface area contributed by atoms with E-state index >= 15 is 0 Å². The Balaban J connectivity index is 2.97. The SMILES string of the molecule is CNCC(C)NCCCCCO. The van der Waals surface area contributed by atoms with Crippen LogP contribution in [0, 0.1) is 0 Å². The monoisotopic (exact) mass is 174 g/mol. The lowest BCUT2D eigenvalue weighted by atomic mass is 10.2. The first-order valence-electron chi connectivity index (χ1n) is 4.80. The van der Waals surface area contributed by atoms with E-state index in [4.69, 9.17) is 5.11 Å². The zero-order valence-corrected chi connectivity index (χ0v) is 8.27. The third-order valence-corrected chi connectivity index (χ3v) is 1.84. The molecule has 0 aromatic carbocycles. The normalized spacial score (nSPS) is 13.2. The molecule has 0 aliphatic heterocycles. The van der Waals surface area contributed by atoms with Crippen molar-refractivity contribution in [3.05, 3.63) is 0 Å². The standard InChI is InChI=1S/C9H22N2O/c1-9(8-10-2)11-6-4-3-5-7-12/h9-12H,3-8H2,1-2H3. The van der Waals surface area contributed by atoms with Crippen molar-refractivity contribution in [3.8, 4) is 0 Å². The first-order valence-corrected chi connectivity index (χ1v) is 4.80. The summed E-state index contributed by atoms with van der Waals surface area (Å²) in [6.07, 6.45) is 3.21. The summed E-state index contributed by atoms with van der Waals surface area (Å²) in [7, 11) is 1.96. The summed E-state index contributed by atoms with van der Waals surface area (Å²) < 4.78 is 0. The van der Waals surface area contributed by atoms with E-state index in [1.165, 1.54) is 0 Å². The van der Waals surface area contributed by atoms with Crippen LogP contribution >= 0.6 is 0 Å². The van der Waals surface area contributed by atoms with Gasteiger partial charge in [-0.2, -0.15) is 0 Å². The number of aliphatic hydroxyl groups excluding tert-OH is 1. The van der Waals surface area contributed by atoms with Gasteiger partial charge in [0.1, 0.15) is 0 Å². The Kier molecular flexibility index (Phi) is 8.88. The molecule has 1 atom stereocenters. The van der Waals surface area contributed by atoms with Gasteiger partial charge in [0, 0.05) is 19.2 Å². The molecule has 1 unspecified atom stereocenters. The Morgan fingerprint density at radius 3 is 2.58 bits per heavy atom. The molecule has 0 aliphatic carbocycles. The van der Waals surface area contributed by atoms with Crippen molar-refractivity contribution in [1.29, 1.82) is 0 Å². The van der Waals surface area contributed by atoms with Gasteiger partial charge in [-0.3, -0.25) is 0 Å². The molecule has 0 amide bonds. The second-order valence-corrected chi connectivity index (χ2v) is 3.20. The minimum atomic E-state index is 0.325. The molecular formula is C9H22N2O. The molecular weight excluding hydrogens is 152 g/mol. The number of hydrogen-bond acceptors (Lipinski definition) is 3. The number of nitrogens with one attached hydrogen (secondary N) is 2. The van der Waals surface area contributed by atoms with Crippen LogP contribution in [-0.2, 0) is 0 Å². The lowest BCUT2D eigenvalue weighted by Crippen LogP contribution is -2.35. The molecule has 0 aromatic rings. The number of rotatable bonds is 8. The van der Waals surface area contributed by atoms with Crippen LogP contribution in [0.15, 0.2) is 0 Å². The minimum absolute atomic E-state index is 0.325. The zero-order valence-electron chi connectivity index (χ0n) is 8.27. The van der Waals surface area contributed by atoms with E-state index in [1.807, 2.05) is 7.05 Å². The van der Waals surface area contributed by atoms with E-state index in [0.717, 1.165) is 32.4 Å². The predicted molar refractivity (Wildman–Crippen MR) is 52.3 cm³/mol. The highest BCUT2D eigenvalue weighted by Gasteiger charge is 1.97. The van der Waals surface area contributed by atoms with Crippen LogP contribution in [0.4, 0.5) is 0 Å². The van der Waals surface area contributed by atoms with Crippen LogP contribution in [0.2, 0.25) is 0 Å². The number of aliphatic hydroxyl groups is 1. The molecule has 0 aromatic heterocycles. The Labute approximate surface area is 75.6 Å². The number of unbranched alkanes of at least 4 members (excludes halogenated alkanes) is 2. The number of likely N-dealkylation sites (N-methyl/N-ethyl adjacent to an activating group) is 1. The first-order chi connectivity index (χ1) is 5.81. The van der Waals surface area contributed by atoms with Gasteiger partial charge in [-0.05, 0) is 39.8 Å². The van der Waals surface area contributed by atoms with E-state index in [1.54, 1.807) is 0 Å². The smallest absolute Gasteiger partial charge is 0.0431 e. The highest BCUT2D eigenvalue weighted by atomic mass is 16.2. The average Bonchev–Trinajstić information content (AvgIpc) is 2.05. The highest BCUT2D eigenvalue weighted by molar-refractivity contribution is 4.61. The Morgan fingerprint density at radius 1 is 1.25 bits per heavy atom. The van der Waals surface area contributed by atoms with Crippen molar-refractivity contribution in [3.63, 3.8) is 0 Å². The predicted octanol–water partition coefficient (Wildman–Crippen LogP) is 0.346. The van der Waals surface area contributed by atoms with Gasteiger partial charge in [0.15, 0.2) is 0 Å². The molecule has 0 heterocycles. The molecule has 3 N–H and O–H groups in total. The van der Waals surface area contributed by atoms with Crippen LogP contribution in [0.1, 0.15) is 26.2 Å². The maximum absolute atomic E-state index is 8.53. The largest absolute Gasteiger partial charge is 0.396 e. The van der Waals surface area contributed by atoms with Gasteiger partial charge in [0.2, 0.25) is 0 Å². The van der Waals surface area contributed by atoms with Crippen LogP contribution in [0.3, 0.4) is 0 Å². The van der Waals surface area contributed by atoms with E-state index in [0.29, 0.717) is 12.6 Å². The Morgan fingerprint density at radius 2 is 2.00 bits per heavy atom. The van der Waals surface area contributed by atoms with Gasteiger partial charge in [0.25, 0.3) is 0 Å². The topological polar surface area (TPSA) is 44.3 Å². The van der Waals surface area contributed by atoms with Gasteiger partial charge in [-0.1, -0.05) is 0 Å².